The smallest absolute Gasteiger partial charge is 0.138 e. The maximum absolute atomic E-state index is 9.56. The molecule has 1 aromatic carbocycles. The van der Waals surface area contributed by atoms with Crippen LogP contribution in [0.3, 0.4) is 0 Å². The molecule has 0 aliphatic heterocycles. The summed E-state index contributed by atoms with van der Waals surface area (Å²) >= 11 is 3.49. The molecule has 2 N–H and O–H groups in total. The lowest BCUT2D eigenvalue weighted by atomic mass is 10.2. The highest BCUT2D eigenvalue weighted by Gasteiger charge is 2.10. The van der Waals surface area contributed by atoms with Crippen LogP contribution < -0.4 is 10.1 Å². The van der Waals surface area contributed by atoms with Gasteiger partial charge in [-0.25, -0.2) is 0 Å². The van der Waals surface area contributed by atoms with Gasteiger partial charge in [0.1, 0.15) is 12.4 Å². The second kappa shape index (κ2) is 7.77. The zero-order valence-corrected chi connectivity index (χ0v) is 12.8. The predicted octanol–water partition coefficient (Wildman–Crippen LogP) is 3.10. The third-order valence-corrected chi connectivity index (χ3v) is 3.27. The maximum Gasteiger partial charge on any atom is 0.138 e. The number of aliphatic hydroxyl groups excluding tert-OH is 1. The van der Waals surface area contributed by atoms with Crippen LogP contribution in [0, 0.1) is 0 Å². The van der Waals surface area contributed by atoms with Gasteiger partial charge in [-0.05, 0) is 28.4 Å². The maximum atomic E-state index is 9.56. The van der Waals surface area contributed by atoms with E-state index in [1.54, 1.807) is 0 Å². The van der Waals surface area contributed by atoms with Gasteiger partial charge in [-0.1, -0.05) is 32.9 Å². The average molecular weight is 316 g/mol. The first-order valence-electron chi connectivity index (χ1n) is 6.36. The Labute approximate surface area is 118 Å². The van der Waals surface area contributed by atoms with Crippen LogP contribution in [0.15, 0.2) is 22.7 Å². The Balaban J connectivity index is 2.73. The minimum absolute atomic E-state index is 0.327. The number of aliphatic hydroxyl groups is 1. The van der Waals surface area contributed by atoms with Crippen molar-refractivity contribution in [1.29, 1.82) is 0 Å². The van der Waals surface area contributed by atoms with Crippen molar-refractivity contribution < 1.29 is 9.84 Å². The van der Waals surface area contributed by atoms with Crippen molar-refractivity contribution in [1.82, 2.24) is 5.32 Å². The van der Waals surface area contributed by atoms with Crippen LogP contribution in [0.5, 0.6) is 5.75 Å². The first-order chi connectivity index (χ1) is 8.54. The zero-order chi connectivity index (χ0) is 13.5. The van der Waals surface area contributed by atoms with Crippen molar-refractivity contribution in [2.75, 3.05) is 6.61 Å². The van der Waals surface area contributed by atoms with E-state index in [4.69, 9.17) is 4.74 Å². The van der Waals surface area contributed by atoms with Crippen molar-refractivity contribution in [3.8, 4) is 5.75 Å². The number of para-hydroxylation sites is 1. The second-order valence-corrected chi connectivity index (χ2v) is 5.49. The Morgan fingerprint density at radius 1 is 1.39 bits per heavy atom. The standard InChI is InChI=1S/C14H22BrNO2/c1-4-12(17)9-18-14-11(8-16-10(2)3)6-5-7-13(14)15/h5-7,10,12,16-17H,4,8-9H2,1-3H3. The number of nitrogens with one attached hydrogen (secondary N) is 1. The number of halogens is 1. The molecular formula is C14H22BrNO2. The van der Waals surface area contributed by atoms with Gasteiger partial charge in [0.2, 0.25) is 0 Å². The number of hydrogen-bond donors (Lipinski definition) is 2. The molecule has 0 saturated heterocycles. The summed E-state index contributed by atoms with van der Waals surface area (Å²) < 4.78 is 6.64. The van der Waals surface area contributed by atoms with Crippen LogP contribution in [0.1, 0.15) is 32.8 Å². The van der Waals surface area contributed by atoms with Crippen molar-refractivity contribution >= 4 is 15.9 Å². The summed E-state index contributed by atoms with van der Waals surface area (Å²) in [5, 5.41) is 12.9. The molecule has 18 heavy (non-hydrogen) atoms. The van der Waals surface area contributed by atoms with Crippen LogP contribution in [0.2, 0.25) is 0 Å². The van der Waals surface area contributed by atoms with E-state index < -0.39 is 6.10 Å². The second-order valence-electron chi connectivity index (χ2n) is 4.64. The van der Waals surface area contributed by atoms with Crippen molar-refractivity contribution in [3.05, 3.63) is 28.2 Å². The predicted molar refractivity (Wildman–Crippen MR) is 77.9 cm³/mol. The molecule has 1 rings (SSSR count). The van der Waals surface area contributed by atoms with Gasteiger partial charge in [-0.2, -0.15) is 0 Å². The average Bonchev–Trinajstić information content (AvgIpc) is 2.34. The van der Waals surface area contributed by atoms with Gasteiger partial charge in [0.15, 0.2) is 0 Å². The number of ether oxygens (including phenoxy) is 1. The molecule has 4 heteroatoms. The van der Waals surface area contributed by atoms with Crippen molar-refractivity contribution in [3.63, 3.8) is 0 Å². The first kappa shape index (κ1) is 15.5. The molecule has 0 fully saturated rings. The molecule has 3 nitrogen and oxygen atoms in total. The minimum Gasteiger partial charge on any atom is -0.489 e. The van der Waals surface area contributed by atoms with E-state index in [2.05, 4.69) is 35.1 Å². The van der Waals surface area contributed by atoms with E-state index in [0.717, 1.165) is 22.3 Å². The van der Waals surface area contributed by atoms with E-state index in [9.17, 15) is 5.11 Å². The highest BCUT2D eigenvalue weighted by molar-refractivity contribution is 9.10. The molecule has 102 valence electrons. The monoisotopic (exact) mass is 315 g/mol. The van der Waals surface area contributed by atoms with E-state index >= 15 is 0 Å². The van der Waals surface area contributed by atoms with Gasteiger partial charge in [-0.15, -0.1) is 0 Å². The summed E-state index contributed by atoms with van der Waals surface area (Å²) in [6, 6.07) is 6.41. The van der Waals surface area contributed by atoms with Crippen LogP contribution in [0.25, 0.3) is 0 Å². The van der Waals surface area contributed by atoms with Crippen molar-refractivity contribution in [2.24, 2.45) is 0 Å². The summed E-state index contributed by atoms with van der Waals surface area (Å²) in [5.41, 5.74) is 1.10. The molecular weight excluding hydrogens is 294 g/mol. The fourth-order valence-electron chi connectivity index (χ4n) is 1.47. The van der Waals surface area contributed by atoms with E-state index in [1.165, 1.54) is 0 Å². The van der Waals surface area contributed by atoms with Gasteiger partial charge < -0.3 is 15.2 Å². The Hall–Kier alpha value is -0.580. The van der Waals surface area contributed by atoms with Crippen LogP contribution >= 0.6 is 15.9 Å². The summed E-state index contributed by atoms with van der Waals surface area (Å²) in [6.45, 7) is 7.25. The molecule has 0 aromatic heterocycles. The molecule has 0 radical (unpaired) electrons. The lowest BCUT2D eigenvalue weighted by Crippen LogP contribution is -2.23. The van der Waals surface area contributed by atoms with Crippen molar-refractivity contribution in [2.45, 2.75) is 45.9 Å². The third-order valence-electron chi connectivity index (χ3n) is 2.64. The summed E-state index contributed by atoms with van der Waals surface area (Å²) in [5.74, 6) is 0.818. The fraction of sp³-hybridized carbons (Fsp3) is 0.571. The van der Waals surface area contributed by atoms with Gasteiger partial charge >= 0.3 is 0 Å². The molecule has 0 aliphatic rings. The summed E-state index contributed by atoms with van der Waals surface area (Å²) in [6.07, 6.45) is 0.285. The SMILES string of the molecule is CCC(O)COc1c(Br)cccc1CNC(C)C. The molecule has 0 aliphatic carbocycles. The van der Waals surface area contributed by atoms with Gasteiger partial charge in [0.25, 0.3) is 0 Å². The largest absolute Gasteiger partial charge is 0.489 e. The summed E-state index contributed by atoms with van der Waals surface area (Å²) in [7, 11) is 0. The molecule has 1 unspecified atom stereocenters. The van der Waals surface area contributed by atoms with Gasteiger partial charge in [-0.3, -0.25) is 0 Å². The third kappa shape index (κ3) is 4.96. The van der Waals surface area contributed by atoms with Crippen LogP contribution in [-0.2, 0) is 6.54 Å². The lowest BCUT2D eigenvalue weighted by Gasteiger charge is -2.16. The van der Waals surface area contributed by atoms with E-state index in [-0.39, 0.29) is 0 Å². The summed E-state index contributed by atoms with van der Waals surface area (Å²) in [4.78, 5) is 0. The molecule has 0 saturated carbocycles. The normalized spacial score (nSPS) is 12.8. The lowest BCUT2D eigenvalue weighted by molar-refractivity contribution is 0.103. The number of benzene rings is 1. The highest BCUT2D eigenvalue weighted by Crippen LogP contribution is 2.29. The fourth-order valence-corrected chi connectivity index (χ4v) is 1.99. The van der Waals surface area contributed by atoms with Gasteiger partial charge in [0.05, 0.1) is 10.6 Å². The highest BCUT2D eigenvalue weighted by atomic mass is 79.9. The molecule has 0 heterocycles. The molecule has 0 spiro atoms. The Morgan fingerprint density at radius 3 is 2.72 bits per heavy atom. The van der Waals surface area contributed by atoms with Crippen LogP contribution in [0.4, 0.5) is 0 Å². The van der Waals surface area contributed by atoms with Crippen LogP contribution in [-0.4, -0.2) is 23.9 Å². The Bertz CT molecular complexity index is 369. The Kier molecular flexibility index (Phi) is 6.68. The molecule has 0 amide bonds. The van der Waals surface area contributed by atoms with E-state index in [1.807, 2.05) is 25.1 Å². The topological polar surface area (TPSA) is 41.5 Å². The molecule has 0 bridgehead atoms. The number of hydrogen-bond acceptors (Lipinski definition) is 3. The minimum atomic E-state index is -0.414. The van der Waals surface area contributed by atoms with Gasteiger partial charge in [0, 0.05) is 18.2 Å². The zero-order valence-electron chi connectivity index (χ0n) is 11.2. The first-order valence-corrected chi connectivity index (χ1v) is 7.15. The van der Waals surface area contributed by atoms with E-state index in [0.29, 0.717) is 19.1 Å². The number of rotatable bonds is 7. The Morgan fingerprint density at radius 2 is 2.11 bits per heavy atom. The molecule has 1 aromatic rings. The quantitative estimate of drug-likeness (QED) is 0.812. The molecule has 1 atom stereocenters.